The molecule has 0 aromatic heterocycles. The SMILES string of the molecule is COc1ccc(C=C2C(=O)N(c3ccccc3)C(=S)N(c3ccccc3)C2=O)cc1I. The van der Waals surface area contributed by atoms with Crippen molar-refractivity contribution in [2.75, 3.05) is 16.9 Å². The molecule has 1 aliphatic heterocycles. The molecule has 0 bridgehead atoms. The molecular weight excluding hydrogens is 523 g/mol. The van der Waals surface area contributed by atoms with Crippen LogP contribution >= 0.6 is 34.8 Å². The molecule has 7 heteroatoms. The van der Waals surface area contributed by atoms with Crippen LogP contribution in [0, 0.1) is 3.57 Å². The molecule has 1 heterocycles. The Bertz CT molecular complexity index is 1130. The summed E-state index contributed by atoms with van der Waals surface area (Å²) in [6.45, 7) is 0. The number of anilines is 2. The second kappa shape index (κ2) is 8.99. The van der Waals surface area contributed by atoms with Gasteiger partial charge in [-0.05, 0) is 82.8 Å². The van der Waals surface area contributed by atoms with E-state index in [1.807, 2.05) is 42.5 Å². The van der Waals surface area contributed by atoms with E-state index < -0.39 is 11.8 Å². The van der Waals surface area contributed by atoms with Crippen molar-refractivity contribution in [2.24, 2.45) is 0 Å². The largest absolute Gasteiger partial charge is 0.496 e. The lowest BCUT2D eigenvalue weighted by molar-refractivity contribution is -0.120. The topological polar surface area (TPSA) is 49.9 Å². The van der Waals surface area contributed by atoms with Crippen LogP contribution in [0.1, 0.15) is 5.56 Å². The van der Waals surface area contributed by atoms with Crippen molar-refractivity contribution in [3.63, 3.8) is 0 Å². The number of hydrogen-bond acceptors (Lipinski definition) is 4. The van der Waals surface area contributed by atoms with E-state index in [2.05, 4.69) is 22.6 Å². The first kappa shape index (κ1) is 21.2. The molecule has 3 aromatic rings. The Balaban J connectivity index is 1.85. The van der Waals surface area contributed by atoms with E-state index in [1.54, 1.807) is 49.6 Å². The zero-order chi connectivity index (χ0) is 22.0. The third-order valence-electron chi connectivity index (χ3n) is 4.77. The van der Waals surface area contributed by atoms with Gasteiger partial charge in [-0.25, -0.2) is 0 Å². The first-order chi connectivity index (χ1) is 15.0. The number of amides is 2. The molecule has 0 saturated carbocycles. The predicted octanol–water partition coefficient (Wildman–Crippen LogP) is 5.05. The Labute approximate surface area is 199 Å². The molecule has 0 radical (unpaired) electrons. The normalized spacial score (nSPS) is 14.1. The predicted molar refractivity (Wildman–Crippen MR) is 134 cm³/mol. The number of carbonyl (C=O) groups is 2. The van der Waals surface area contributed by atoms with Crippen molar-refractivity contribution in [3.05, 3.63) is 93.6 Å². The van der Waals surface area contributed by atoms with E-state index in [9.17, 15) is 9.59 Å². The quantitative estimate of drug-likeness (QED) is 0.201. The van der Waals surface area contributed by atoms with E-state index in [4.69, 9.17) is 17.0 Å². The molecule has 154 valence electrons. The zero-order valence-corrected chi connectivity index (χ0v) is 19.5. The minimum atomic E-state index is -0.459. The van der Waals surface area contributed by atoms with Crippen LogP contribution in [0.4, 0.5) is 11.4 Å². The minimum Gasteiger partial charge on any atom is -0.496 e. The zero-order valence-electron chi connectivity index (χ0n) is 16.5. The van der Waals surface area contributed by atoms with E-state index in [1.165, 1.54) is 9.80 Å². The molecule has 3 aromatic carbocycles. The van der Waals surface area contributed by atoms with Crippen molar-refractivity contribution < 1.29 is 14.3 Å². The van der Waals surface area contributed by atoms with E-state index in [-0.39, 0.29) is 10.7 Å². The molecule has 2 amide bonds. The molecule has 0 aliphatic carbocycles. The van der Waals surface area contributed by atoms with Crippen LogP contribution in [0.5, 0.6) is 5.75 Å². The summed E-state index contributed by atoms with van der Waals surface area (Å²) in [7, 11) is 1.60. The highest BCUT2D eigenvalue weighted by Gasteiger charge is 2.41. The molecule has 1 fully saturated rings. The van der Waals surface area contributed by atoms with E-state index in [0.29, 0.717) is 11.4 Å². The molecule has 4 rings (SSSR count). The maximum atomic E-state index is 13.4. The van der Waals surface area contributed by atoms with Crippen LogP contribution in [0.2, 0.25) is 0 Å². The van der Waals surface area contributed by atoms with Crippen LogP contribution in [0.3, 0.4) is 0 Å². The summed E-state index contributed by atoms with van der Waals surface area (Å²) in [4.78, 5) is 29.7. The summed E-state index contributed by atoms with van der Waals surface area (Å²) in [5, 5.41) is 0.119. The summed E-state index contributed by atoms with van der Waals surface area (Å²) < 4.78 is 6.18. The summed E-state index contributed by atoms with van der Waals surface area (Å²) in [6, 6.07) is 23.6. The van der Waals surface area contributed by atoms with Gasteiger partial charge in [-0.2, -0.15) is 0 Å². The van der Waals surface area contributed by atoms with Crippen LogP contribution < -0.4 is 14.5 Å². The van der Waals surface area contributed by atoms with Crippen molar-refractivity contribution >= 4 is 69.2 Å². The fourth-order valence-electron chi connectivity index (χ4n) is 3.28. The van der Waals surface area contributed by atoms with Gasteiger partial charge in [0.1, 0.15) is 11.3 Å². The summed E-state index contributed by atoms with van der Waals surface area (Å²) >= 11 is 7.76. The highest BCUT2D eigenvalue weighted by atomic mass is 127. The van der Waals surface area contributed by atoms with Gasteiger partial charge in [-0.3, -0.25) is 19.4 Å². The number of benzene rings is 3. The van der Waals surface area contributed by atoms with Crippen molar-refractivity contribution in [1.82, 2.24) is 0 Å². The smallest absolute Gasteiger partial charge is 0.270 e. The van der Waals surface area contributed by atoms with Gasteiger partial charge >= 0.3 is 0 Å². The lowest BCUT2D eigenvalue weighted by atomic mass is 10.0. The molecule has 0 N–H and O–H groups in total. The first-order valence-corrected chi connectivity index (χ1v) is 10.9. The number of hydrogen-bond donors (Lipinski definition) is 0. The highest BCUT2D eigenvalue weighted by molar-refractivity contribution is 14.1. The number of rotatable bonds is 4. The van der Waals surface area contributed by atoms with Gasteiger partial charge in [0.25, 0.3) is 11.8 Å². The van der Waals surface area contributed by atoms with Crippen molar-refractivity contribution in [1.29, 1.82) is 0 Å². The van der Waals surface area contributed by atoms with Crippen LogP contribution in [0.15, 0.2) is 84.4 Å². The number of nitrogens with zero attached hydrogens (tertiary/aromatic N) is 2. The number of para-hydroxylation sites is 2. The molecule has 0 atom stereocenters. The van der Waals surface area contributed by atoms with Gasteiger partial charge in [-0.1, -0.05) is 42.5 Å². The Morgan fingerprint density at radius 2 is 1.35 bits per heavy atom. The Morgan fingerprint density at radius 3 is 1.81 bits per heavy atom. The Hall–Kier alpha value is -3.04. The number of carbonyl (C=O) groups excluding carboxylic acids is 2. The summed E-state index contributed by atoms with van der Waals surface area (Å²) in [5.74, 6) is -0.194. The van der Waals surface area contributed by atoms with Crippen LogP contribution in [-0.2, 0) is 9.59 Å². The van der Waals surface area contributed by atoms with Crippen molar-refractivity contribution in [3.8, 4) is 5.75 Å². The van der Waals surface area contributed by atoms with Crippen LogP contribution in [-0.4, -0.2) is 24.0 Å². The maximum Gasteiger partial charge on any atom is 0.270 e. The van der Waals surface area contributed by atoms with Gasteiger partial charge in [0, 0.05) is 0 Å². The molecule has 5 nitrogen and oxygen atoms in total. The number of thiocarbonyl (C=S) groups is 1. The van der Waals surface area contributed by atoms with Gasteiger partial charge in [-0.15, -0.1) is 0 Å². The second-order valence-electron chi connectivity index (χ2n) is 6.69. The molecule has 1 saturated heterocycles. The summed E-state index contributed by atoms with van der Waals surface area (Å²) in [5.41, 5.74) is 1.94. The molecule has 31 heavy (non-hydrogen) atoms. The standard InChI is InChI=1S/C24H17IN2O3S/c1-30-21-13-12-16(15-20(21)25)14-19-22(28)26(17-8-4-2-5-9-17)24(31)27(23(19)29)18-10-6-3-7-11-18/h2-15H,1H3. The second-order valence-corrected chi connectivity index (χ2v) is 8.21. The third-order valence-corrected chi connectivity index (χ3v) is 5.97. The monoisotopic (exact) mass is 540 g/mol. The minimum absolute atomic E-state index is 0.0299. The first-order valence-electron chi connectivity index (χ1n) is 9.39. The average molecular weight is 540 g/mol. The van der Waals surface area contributed by atoms with E-state index in [0.717, 1.165) is 14.9 Å². The van der Waals surface area contributed by atoms with Gasteiger partial charge in [0.15, 0.2) is 5.11 Å². The maximum absolute atomic E-state index is 13.4. The van der Waals surface area contributed by atoms with Crippen molar-refractivity contribution in [2.45, 2.75) is 0 Å². The number of methoxy groups -OCH3 is 1. The molecule has 1 aliphatic rings. The molecule has 0 spiro atoms. The van der Waals surface area contributed by atoms with Gasteiger partial charge in [0.2, 0.25) is 0 Å². The average Bonchev–Trinajstić information content (AvgIpc) is 2.78. The third kappa shape index (κ3) is 4.11. The fourth-order valence-corrected chi connectivity index (χ4v) is 4.41. The van der Waals surface area contributed by atoms with Gasteiger partial charge < -0.3 is 4.74 Å². The lowest BCUT2D eigenvalue weighted by Crippen LogP contribution is -2.56. The number of halogens is 1. The van der Waals surface area contributed by atoms with Gasteiger partial charge in [0.05, 0.1) is 22.1 Å². The number of ether oxygens (including phenoxy) is 1. The molecular formula is C24H17IN2O3S. The lowest BCUT2D eigenvalue weighted by Gasteiger charge is -2.36. The summed E-state index contributed by atoms with van der Waals surface area (Å²) in [6.07, 6.45) is 1.60. The fraction of sp³-hybridized carbons (Fsp3) is 0.0417. The Kier molecular flexibility index (Phi) is 6.15. The van der Waals surface area contributed by atoms with Crippen LogP contribution in [0.25, 0.3) is 6.08 Å². The molecule has 0 unspecified atom stereocenters. The Morgan fingerprint density at radius 1 is 0.839 bits per heavy atom. The van der Waals surface area contributed by atoms with E-state index >= 15 is 0 Å². The highest BCUT2D eigenvalue weighted by Crippen LogP contribution is 2.30.